The van der Waals surface area contributed by atoms with E-state index in [1.165, 1.54) is 31.3 Å². The summed E-state index contributed by atoms with van der Waals surface area (Å²) in [4.78, 5) is 0. The molecule has 2 aliphatic rings. The SMILES string of the molecule is CC1=C2CCCC(C=C1)C2. The lowest BCUT2D eigenvalue weighted by atomic mass is 9.80. The summed E-state index contributed by atoms with van der Waals surface area (Å²) in [7, 11) is 0. The van der Waals surface area contributed by atoms with Gasteiger partial charge >= 0.3 is 0 Å². The Morgan fingerprint density at radius 1 is 1.50 bits per heavy atom. The van der Waals surface area contributed by atoms with E-state index in [2.05, 4.69) is 19.1 Å². The molecule has 0 nitrogen and oxygen atoms in total. The highest BCUT2D eigenvalue weighted by atomic mass is 14.2. The molecule has 0 aromatic carbocycles. The average Bonchev–Trinajstić information content (AvgIpc) is 1.99. The van der Waals surface area contributed by atoms with Crippen LogP contribution in [0.1, 0.15) is 32.6 Å². The zero-order chi connectivity index (χ0) is 6.97. The first kappa shape index (κ1) is 6.21. The van der Waals surface area contributed by atoms with Gasteiger partial charge in [0.05, 0.1) is 0 Å². The van der Waals surface area contributed by atoms with E-state index in [9.17, 15) is 0 Å². The minimum absolute atomic E-state index is 0.896. The third kappa shape index (κ3) is 0.920. The number of rotatable bonds is 0. The third-order valence-electron chi connectivity index (χ3n) is 2.74. The first-order valence-electron chi connectivity index (χ1n) is 4.23. The Labute approximate surface area is 62.6 Å². The molecule has 0 heterocycles. The van der Waals surface area contributed by atoms with Crippen molar-refractivity contribution in [2.75, 3.05) is 0 Å². The molecule has 2 bridgehead atoms. The van der Waals surface area contributed by atoms with Crippen LogP contribution in [0.25, 0.3) is 0 Å². The topological polar surface area (TPSA) is 0 Å². The van der Waals surface area contributed by atoms with Crippen LogP contribution in [-0.4, -0.2) is 0 Å². The number of hydrogen-bond donors (Lipinski definition) is 0. The van der Waals surface area contributed by atoms with E-state index in [0.29, 0.717) is 0 Å². The molecule has 2 rings (SSSR count). The molecule has 0 saturated heterocycles. The van der Waals surface area contributed by atoms with E-state index in [1.807, 2.05) is 0 Å². The molecule has 0 aromatic heterocycles. The lowest BCUT2D eigenvalue weighted by Crippen LogP contribution is -2.10. The minimum Gasteiger partial charge on any atom is -0.0808 e. The largest absolute Gasteiger partial charge is 0.0808 e. The van der Waals surface area contributed by atoms with Gasteiger partial charge in [-0.15, -0.1) is 0 Å². The molecule has 0 spiro atoms. The molecule has 0 heteroatoms. The molecule has 2 aliphatic carbocycles. The molecule has 1 unspecified atom stereocenters. The summed E-state index contributed by atoms with van der Waals surface area (Å²) in [6, 6.07) is 0. The van der Waals surface area contributed by atoms with Gasteiger partial charge in [-0.05, 0) is 38.5 Å². The Balaban J connectivity index is 2.29. The Hall–Kier alpha value is -0.520. The normalized spacial score (nSPS) is 31.1. The van der Waals surface area contributed by atoms with Crippen molar-refractivity contribution in [1.82, 2.24) is 0 Å². The molecule has 0 radical (unpaired) electrons. The fraction of sp³-hybridized carbons (Fsp3) is 0.600. The zero-order valence-corrected chi connectivity index (χ0v) is 6.56. The van der Waals surface area contributed by atoms with Crippen molar-refractivity contribution in [3.63, 3.8) is 0 Å². The van der Waals surface area contributed by atoms with Crippen LogP contribution in [0.2, 0.25) is 0 Å². The second-order valence-corrected chi connectivity index (χ2v) is 3.50. The summed E-state index contributed by atoms with van der Waals surface area (Å²) in [5.41, 5.74) is 3.26. The van der Waals surface area contributed by atoms with Crippen LogP contribution < -0.4 is 0 Å². The van der Waals surface area contributed by atoms with Gasteiger partial charge in [0.1, 0.15) is 0 Å². The lowest BCUT2D eigenvalue weighted by molar-refractivity contribution is 0.485. The van der Waals surface area contributed by atoms with Crippen LogP contribution in [0.4, 0.5) is 0 Å². The molecule has 0 aromatic rings. The van der Waals surface area contributed by atoms with Gasteiger partial charge < -0.3 is 0 Å². The first-order chi connectivity index (χ1) is 4.86. The molecule has 0 amide bonds. The molecule has 1 saturated carbocycles. The summed E-state index contributed by atoms with van der Waals surface area (Å²) >= 11 is 0. The highest BCUT2D eigenvalue weighted by molar-refractivity contribution is 5.30. The van der Waals surface area contributed by atoms with E-state index < -0.39 is 0 Å². The van der Waals surface area contributed by atoms with Gasteiger partial charge in [-0.3, -0.25) is 0 Å². The summed E-state index contributed by atoms with van der Waals surface area (Å²) in [6.45, 7) is 2.24. The molecular weight excluding hydrogens is 120 g/mol. The van der Waals surface area contributed by atoms with Crippen molar-refractivity contribution in [3.05, 3.63) is 23.3 Å². The van der Waals surface area contributed by atoms with E-state index in [0.717, 1.165) is 5.92 Å². The molecular formula is C10H14. The van der Waals surface area contributed by atoms with Crippen molar-refractivity contribution in [2.24, 2.45) is 5.92 Å². The van der Waals surface area contributed by atoms with Crippen molar-refractivity contribution >= 4 is 0 Å². The standard InChI is InChI=1S/C10H14/c1-8-5-6-9-3-2-4-10(8)7-9/h5-6,9H,2-4,7H2,1H3. The summed E-state index contributed by atoms with van der Waals surface area (Å²) in [6.07, 6.45) is 10.3. The van der Waals surface area contributed by atoms with Crippen LogP contribution in [0, 0.1) is 5.92 Å². The van der Waals surface area contributed by atoms with Crippen LogP contribution in [-0.2, 0) is 0 Å². The lowest BCUT2D eigenvalue weighted by Gasteiger charge is -2.26. The van der Waals surface area contributed by atoms with Crippen molar-refractivity contribution in [3.8, 4) is 0 Å². The molecule has 1 fully saturated rings. The third-order valence-corrected chi connectivity index (χ3v) is 2.74. The van der Waals surface area contributed by atoms with E-state index in [4.69, 9.17) is 0 Å². The maximum absolute atomic E-state index is 2.39. The van der Waals surface area contributed by atoms with E-state index in [1.54, 1.807) is 5.57 Å². The van der Waals surface area contributed by atoms with Crippen LogP contribution in [0.15, 0.2) is 23.3 Å². The Bertz CT molecular complexity index is 196. The molecule has 0 aliphatic heterocycles. The van der Waals surface area contributed by atoms with Gasteiger partial charge in [0, 0.05) is 0 Å². The summed E-state index contributed by atoms with van der Waals surface area (Å²) in [5, 5.41) is 0. The summed E-state index contributed by atoms with van der Waals surface area (Å²) < 4.78 is 0. The fourth-order valence-electron chi connectivity index (χ4n) is 2.02. The maximum atomic E-state index is 2.39. The Kier molecular flexibility index (Phi) is 1.40. The van der Waals surface area contributed by atoms with Crippen molar-refractivity contribution in [2.45, 2.75) is 32.6 Å². The van der Waals surface area contributed by atoms with Crippen LogP contribution in [0.5, 0.6) is 0 Å². The van der Waals surface area contributed by atoms with Crippen LogP contribution >= 0.6 is 0 Å². The van der Waals surface area contributed by atoms with Crippen molar-refractivity contribution < 1.29 is 0 Å². The quantitative estimate of drug-likeness (QED) is 0.477. The van der Waals surface area contributed by atoms with E-state index in [-0.39, 0.29) is 0 Å². The molecule has 0 N–H and O–H groups in total. The number of fused-ring (bicyclic) bond motifs is 2. The second-order valence-electron chi connectivity index (χ2n) is 3.50. The van der Waals surface area contributed by atoms with Gasteiger partial charge in [0.25, 0.3) is 0 Å². The van der Waals surface area contributed by atoms with Crippen LogP contribution in [0.3, 0.4) is 0 Å². The monoisotopic (exact) mass is 134 g/mol. The fourth-order valence-corrected chi connectivity index (χ4v) is 2.02. The van der Waals surface area contributed by atoms with Gasteiger partial charge in [0.15, 0.2) is 0 Å². The predicted molar refractivity (Wildman–Crippen MR) is 43.8 cm³/mol. The highest BCUT2D eigenvalue weighted by Crippen LogP contribution is 2.34. The molecule has 10 heavy (non-hydrogen) atoms. The number of hydrogen-bond acceptors (Lipinski definition) is 0. The second kappa shape index (κ2) is 2.26. The number of allylic oxidation sites excluding steroid dienone is 4. The molecule has 1 atom stereocenters. The van der Waals surface area contributed by atoms with E-state index >= 15 is 0 Å². The van der Waals surface area contributed by atoms with Gasteiger partial charge in [-0.2, -0.15) is 0 Å². The summed E-state index contributed by atoms with van der Waals surface area (Å²) in [5.74, 6) is 0.896. The molecule has 54 valence electrons. The first-order valence-corrected chi connectivity index (χ1v) is 4.23. The average molecular weight is 134 g/mol. The highest BCUT2D eigenvalue weighted by Gasteiger charge is 2.18. The Morgan fingerprint density at radius 2 is 2.40 bits per heavy atom. The van der Waals surface area contributed by atoms with Crippen molar-refractivity contribution in [1.29, 1.82) is 0 Å². The Morgan fingerprint density at radius 3 is 3.20 bits per heavy atom. The van der Waals surface area contributed by atoms with Gasteiger partial charge in [-0.1, -0.05) is 23.3 Å². The maximum Gasteiger partial charge on any atom is -0.0193 e. The predicted octanol–water partition coefficient (Wildman–Crippen LogP) is 3.06. The minimum atomic E-state index is 0.896. The van der Waals surface area contributed by atoms with Gasteiger partial charge in [-0.25, -0.2) is 0 Å². The zero-order valence-electron chi connectivity index (χ0n) is 6.56. The smallest absolute Gasteiger partial charge is 0.0193 e. The van der Waals surface area contributed by atoms with Gasteiger partial charge in [0.2, 0.25) is 0 Å².